The number of ether oxygens (including phenoxy) is 1. The van der Waals surface area contributed by atoms with E-state index in [1.165, 1.54) is 12.3 Å². The Morgan fingerprint density at radius 1 is 1.35 bits per heavy atom. The summed E-state index contributed by atoms with van der Waals surface area (Å²) < 4.78 is 41.9. The zero-order valence-electron chi connectivity index (χ0n) is 10.6. The number of alkyl halides is 3. The third-order valence-corrected chi connectivity index (χ3v) is 2.24. The summed E-state index contributed by atoms with van der Waals surface area (Å²) in [6.45, 7) is -0.912. The first-order valence-corrected chi connectivity index (χ1v) is 5.67. The minimum Gasteiger partial charge on any atom is -0.468 e. The molecule has 9 heteroatoms. The summed E-state index contributed by atoms with van der Waals surface area (Å²) in [6, 6.07) is 2.94. The number of anilines is 1. The van der Waals surface area contributed by atoms with Crippen LogP contribution in [0.1, 0.15) is 5.69 Å². The van der Waals surface area contributed by atoms with Crippen molar-refractivity contribution in [3.8, 4) is 5.88 Å². The average molecular weight is 287 g/mol. The Morgan fingerprint density at radius 3 is 2.70 bits per heavy atom. The second-order valence-electron chi connectivity index (χ2n) is 4.03. The fraction of sp³-hybridized carbons (Fsp3) is 0.364. The van der Waals surface area contributed by atoms with Crippen LogP contribution >= 0.6 is 0 Å². The summed E-state index contributed by atoms with van der Waals surface area (Å²) in [6.07, 6.45) is -1.23. The van der Waals surface area contributed by atoms with Crippen molar-refractivity contribution in [1.29, 1.82) is 0 Å². The fourth-order valence-electron chi connectivity index (χ4n) is 1.39. The Labute approximate surface area is 112 Å². The lowest BCUT2D eigenvalue weighted by Gasteiger charge is -2.09. The highest BCUT2D eigenvalue weighted by atomic mass is 19.4. The highest BCUT2D eigenvalue weighted by Gasteiger charge is 2.28. The second kappa shape index (κ2) is 5.76. The van der Waals surface area contributed by atoms with Crippen LogP contribution in [0.25, 0.3) is 0 Å². The Bertz CT molecular complexity index is 552. The lowest BCUT2D eigenvalue weighted by Crippen LogP contribution is -2.19. The molecule has 0 aliphatic carbocycles. The lowest BCUT2D eigenvalue weighted by molar-refractivity contribution is -0.154. The Kier molecular flexibility index (Phi) is 4.06. The van der Waals surface area contributed by atoms with Crippen LogP contribution in [-0.2, 0) is 13.6 Å². The van der Waals surface area contributed by atoms with Gasteiger partial charge in [-0.05, 0) is 6.07 Å². The van der Waals surface area contributed by atoms with Crippen molar-refractivity contribution in [1.82, 2.24) is 20.0 Å². The van der Waals surface area contributed by atoms with Gasteiger partial charge >= 0.3 is 6.18 Å². The molecule has 0 atom stereocenters. The number of pyridine rings is 1. The summed E-state index contributed by atoms with van der Waals surface area (Å²) in [5.41, 5.74) is 1.39. The number of aryl methyl sites for hydroxylation is 1. The van der Waals surface area contributed by atoms with Gasteiger partial charge in [0.25, 0.3) is 0 Å². The molecular weight excluding hydrogens is 275 g/mol. The van der Waals surface area contributed by atoms with Gasteiger partial charge in [-0.25, -0.2) is 4.98 Å². The molecule has 0 saturated heterocycles. The first kappa shape index (κ1) is 14.1. The van der Waals surface area contributed by atoms with Gasteiger partial charge in [-0.3, -0.25) is 4.68 Å². The van der Waals surface area contributed by atoms with Crippen LogP contribution < -0.4 is 10.1 Å². The van der Waals surface area contributed by atoms with Crippen LogP contribution in [-0.4, -0.2) is 32.8 Å². The van der Waals surface area contributed by atoms with E-state index in [0.29, 0.717) is 12.2 Å². The maximum atomic E-state index is 12.0. The molecule has 2 heterocycles. The van der Waals surface area contributed by atoms with E-state index in [9.17, 15) is 13.2 Å². The highest BCUT2D eigenvalue weighted by molar-refractivity contribution is 5.42. The van der Waals surface area contributed by atoms with Crippen LogP contribution in [0.4, 0.5) is 18.9 Å². The molecule has 108 valence electrons. The fourth-order valence-corrected chi connectivity index (χ4v) is 1.39. The van der Waals surface area contributed by atoms with Gasteiger partial charge in [-0.15, -0.1) is 5.10 Å². The topological polar surface area (TPSA) is 64.9 Å². The lowest BCUT2D eigenvalue weighted by atomic mass is 10.4. The van der Waals surface area contributed by atoms with E-state index in [-0.39, 0.29) is 5.88 Å². The number of nitrogens with zero attached hydrogens (tertiary/aromatic N) is 4. The molecule has 0 radical (unpaired) electrons. The van der Waals surface area contributed by atoms with Crippen LogP contribution in [0.3, 0.4) is 0 Å². The SMILES string of the molecule is Cn1cc(CNc2ccc(OCC(F)(F)F)nc2)nn1. The predicted octanol–water partition coefficient (Wildman–Crippen LogP) is 1.76. The molecule has 0 unspecified atom stereocenters. The molecule has 0 fully saturated rings. The molecule has 0 saturated carbocycles. The number of nitrogens with one attached hydrogen (secondary N) is 1. The van der Waals surface area contributed by atoms with Crippen molar-refractivity contribution in [3.05, 3.63) is 30.2 Å². The van der Waals surface area contributed by atoms with Crippen molar-refractivity contribution in [3.63, 3.8) is 0 Å². The monoisotopic (exact) mass is 287 g/mol. The van der Waals surface area contributed by atoms with E-state index in [1.807, 2.05) is 0 Å². The standard InChI is InChI=1S/C11H12F3N5O/c1-19-6-9(17-18-19)5-15-8-2-3-10(16-4-8)20-7-11(12,13)14/h2-4,6,15H,5,7H2,1H3. The number of halogens is 3. The summed E-state index contributed by atoms with van der Waals surface area (Å²) in [5, 5.41) is 10.7. The molecule has 2 rings (SSSR count). The summed E-state index contributed by atoms with van der Waals surface area (Å²) in [7, 11) is 1.75. The van der Waals surface area contributed by atoms with Crippen LogP contribution in [0.15, 0.2) is 24.5 Å². The van der Waals surface area contributed by atoms with Crippen LogP contribution in [0, 0.1) is 0 Å². The molecular formula is C11H12F3N5O. The number of rotatable bonds is 5. The van der Waals surface area contributed by atoms with Crippen molar-refractivity contribution in [2.24, 2.45) is 7.05 Å². The van der Waals surface area contributed by atoms with Gasteiger partial charge in [0.05, 0.1) is 18.4 Å². The zero-order chi connectivity index (χ0) is 14.6. The number of hydrogen-bond donors (Lipinski definition) is 1. The van der Waals surface area contributed by atoms with E-state index < -0.39 is 12.8 Å². The van der Waals surface area contributed by atoms with Crippen LogP contribution in [0.5, 0.6) is 5.88 Å². The third-order valence-electron chi connectivity index (χ3n) is 2.24. The van der Waals surface area contributed by atoms with Gasteiger partial charge in [-0.2, -0.15) is 13.2 Å². The molecule has 0 spiro atoms. The maximum Gasteiger partial charge on any atom is 0.422 e. The molecule has 0 aliphatic rings. The highest BCUT2D eigenvalue weighted by Crippen LogP contribution is 2.18. The van der Waals surface area contributed by atoms with Crippen molar-refractivity contribution >= 4 is 5.69 Å². The third kappa shape index (κ3) is 4.41. The quantitative estimate of drug-likeness (QED) is 0.907. The molecule has 20 heavy (non-hydrogen) atoms. The molecule has 2 aromatic heterocycles. The summed E-state index contributed by atoms with van der Waals surface area (Å²) in [4.78, 5) is 3.77. The minimum atomic E-state index is -4.37. The number of hydrogen-bond acceptors (Lipinski definition) is 5. The Morgan fingerprint density at radius 2 is 2.15 bits per heavy atom. The summed E-state index contributed by atoms with van der Waals surface area (Å²) in [5.74, 6) is -0.0765. The van der Waals surface area contributed by atoms with Gasteiger partial charge in [0, 0.05) is 19.3 Å². The van der Waals surface area contributed by atoms with Crippen molar-refractivity contribution in [2.75, 3.05) is 11.9 Å². The van der Waals surface area contributed by atoms with E-state index in [0.717, 1.165) is 5.69 Å². The smallest absolute Gasteiger partial charge is 0.422 e. The maximum absolute atomic E-state index is 12.0. The van der Waals surface area contributed by atoms with Gasteiger partial charge < -0.3 is 10.1 Å². The van der Waals surface area contributed by atoms with Gasteiger partial charge in [0.2, 0.25) is 5.88 Å². The van der Waals surface area contributed by atoms with Gasteiger partial charge in [0.1, 0.15) is 5.69 Å². The zero-order valence-corrected chi connectivity index (χ0v) is 10.6. The Hall–Kier alpha value is -2.32. The molecule has 0 aliphatic heterocycles. The van der Waals surface area contributed by atoms with E-state index in [2.05, 4.69) is 25.3 Å². The predicted molar refractivity (Wildman–Crippen MR) is 64.1 cm³/mol. The average Bonchev–Trinajstić information content (AvgIpc) is 2.80. The van der Waals surface area contributed by atoms with Gasteiger partial charge in [0.15, 0.2) is 6.61 Å². The second-order valence-corrected chi connectivity index (χ2v) is 4.03. The number of aromatic nitrogens is 4. The first-order chi connectivity index (χ1) is 9.42. The minimum absolute atomic E-state index is 0.0765. The van der Waals surface area contributed by atoms with E-state index in [4.69, 9.17) is 0 Å². The molecule has 1 N–H and O–H groups in total. The van der Waals surface area contributed by atoms with Crippen molar-refractivity contribution in [2.45, 2.75) is 12.7 Å². The normalized spacial score (nSPS) is 11.4. The van der Waals surface area contributed by atoms with E-state index >= 15 is 0 Å². The largest absolute Gasteiger partial charge is 0.468 e. The van der Waals surface area contributed by atoms with Crippen LogP contribution in [0.2, 0.25) is 0 Å². The van der Waals surface area contributed by atoms with Crippen molar-refractivity contribution < 1.29 is 17.9 Å². The molecule has 0 amide bonds. The Balaban J connectivity index is 1.85. The van der Waals surface area contributed by atoms with Gasteiger partial charge in [-0.1, -0.05) is 5.21 Å². The molecule has 6 nitrogen and oxygen atoms in total. The first-order valence-electron chi connectivity index (χ1n) is 5.67. The molecule has 0 bridgehead atoms. The molecule has 2 aromatic rings. The summed E-state index contributed by atoms with van der Waals surface area (Å²) >= 11 is 0. The molecule has 0 aromatic carbocycles. The van der Waals surface area contributed by atoms with E-state index in [1.54, 1.807) is 24.0 Å².